The third-order valence-corrected chi connectivity index (χ3v) is 4.87. The molecule has 0 saturated carbocycles. The number of rotatable bonds is 6. The molecule has 2 aromatic carbocycles. The SMILES string of the molecule is COc1cccc(Nc2nc(C(N)O)c(-c3ccc(N4CCNCC4)cc3)o2)c1. The average Bonchev–Trinajstić information content (AvgIpc) is 3.19. The highest BCUT2D eigenvalue weighted by molar-refractivity contribution is 5.66. The van der Waals surface area contributed by atoms with Gasteiger partial charge in [0.05, 0.1) is 7.11 Å². The van der Waals surface area contributed by atoms with Crippen molar-refractivity contribution in [3.63, 3.8) is 0 Å². The molecule has 5 N–H and O–H groups in total. The van der Waals surface area contributed by atoms with Crippen LogP contribution in [0.2, 0.25) is 0 Å². The molecular formula is C21H25N5O3. The van der Waals surface area contributed by atoms with E-state index in [1.807, 2.05) is 48.5 Å². The number of nitrogens with zero attached hydrogens (tertiary/aromatic N) is 2. The summed E-state index contributed by atoms with van der Waals surface area (Å²) in [6.45, 7) is 3.91. The molecule has 0 amide bonds. The highest BCUT2D eigenvalue weighted by Crippen LogP contribution is 2.32. The van der Waals surface area contributed by atoms with E-state index in [9.17, 15) is 5.11 Å². The second-order valence-electron chi connectivity index (χ2n) is 6.82. The average molecular weight is 395 g/mol. The number of oxazole rings is 1. The Hall–Kier alpha value is -3.07. The van der Waals surface area contributed by atoms with Crippen LogP contribution in [-0.2, 0) is 0 Å². The zero-order valence-electron chi connectivity index (χ0n) is 16.3. The number of piperazine rings is 1. The van der Waals surface area contributed by atoms with Crippen molar-refractivity contribution < 1.29 is 14.3 Å². The molecule has 3 aromatic rings. The minimum atomic E-state index is -1.25. The van der Waals surface area contributed by atoms with Crippen molar-refractivity contribution >= 4 is 17.4 Å². The van der Waals surface area contributed by atoms with Crippen molar-refractivity contribution in [2.24, 2.45) is 5.73 Å². The maximum Gasteiger partial charge on any atom is 0.300 e. The minimum absolute atomic E-state index is 0.249. The van der Waals surface area contributed by atoms with Gasteiger partial charge in [0.1, 0.15) is 17.7 Å². The monoisotopic (exact) mass is 395 g/mol. The number of hydrogen-bond donors (Lipinski definition) is 4. The van der Waals surface area contributed by atoms with Crippen molar-refractivity contribution in [2.45, 2.75) is 6.23 Å². The van der Waals surface area contributed by atoms with E-state index in [1.165, 1.54) is 0 Å². The third-order valence-electron chi connectivity index (χ3n) is 4.87. The maximum atomic E-state index is 9.98. The Kier molecular flexibility index (Phi) is 5.66. The number of aliphatic hydroxyl groups excluding tert-OH is 1. The van der Waals surface area contributed by atoms with Gasteiger partial charge in [-0.05, 0) is 36.4 Å². The number of aromatic nitrogens is 1. The van der Waals surface area contributed by atoms with E-state index in [0.717, 1.165) is 43.1 Å². The van der Waals surface area contributed by atoms with Gasteiger partial charge in [-0.1, -0.05) is 6.07 Å². The first-order chi connectivity index (χ1) is 14.1. The highest BCUT2D eigenvalue weighted by Gasteiger charge is 2.20. The summed E-state index contributed by atoms with van der Waals surface area (Å²) in [6.07, 6.45) is -1.25. The van der Waals surface area contributed by atoms with Gasteiger partial charge in [0.15, 0.2) is 5.76 Å². The van der Waals surface area contributed by atoms with Crippen molar-refractivity contribution in [3.05, 3.63) is 54.2 Å². The van der Waals surface area contributed by atoms with Gasteiger partial charge in [-0.15, -0.1) is 0 Å². The summed E-state index contributed by atoms with van der Waals surface area (Å²) in [7, 11) is 1.61. The molecule has 1 aliphatic heterocycles. The molecule has 2 heterocycles. The van der Waals surface area contributed by atoms with Crippen LogP contribution in [0.4, 0.5) is 17.4 Å². The van der Waals surface area contributed by atoms with Gasteiger partial charge in [-0.2, -0.15) is 4.98 Å². The Balaban J connectivity index is 1.59. The van der Waals surface area contributed by atoms with Crippen LogP contribution < -0.4 is 26.0 Å². The van der Waals surface area contributed by atoms with Crippen LogP contribution >= 0.6 is 0 Å². The Morgan fingerprint density at radius 2 is 1.97 bits per heavy atom. The fourth-order valence-electron chi connectivity index (χ4n) is 3.36. The smallest absolute Gasteiger partial charge is 0.300 e. The molecule has 8 nitrogen and oxygen atoms in total. The largest absolute Gasteiger partial charge is 0.497 e. The second-order valence-corrected chi connectivity index (χ2v) is 6.82. The fourth-order valence-corrected chi connectivity index (χ4v) is 3.36. The first-order valence-corrected chi connectivity index (χ1v) is 9.55. The summed E-state index contributed by atoms with van der Waals surface area (Å²) >= 11 is 0. The Morgan fingerprint density at radius 3 is 2.66 bits per heavy atom. The number of methoxy groups -OCH3 is 1. The van der Waals surface area contributed by atoms with Crippen molar-refractivity contribution in [2.75, 3.05) is 43.5 Å². The maximum absolute atomic E-state index is 9.98. The molecule has 0 radical (unpaired) electrons. The van der Waals surface area contributed by atoms with E-state index in [2.05, 4.69) is 20.5 Å². The van der Waals surface area contributed by atoms with Crippen LogP contribution in [0.25, 0.3) is 11.3 Å². The molecule has 1 aliphatic rings. The van der Waals surface area contributed by atoms with Crippen molar-refractivity contribution in [1.82, 2.24) is 10.3 Å². The fraction of sp³-hybridized carbons (Fsp3) is 0.286. The predicted molar refractivity (Wildman–Crippen MR) is 112 cm³/mol. The summed E-state index contributed by atoms with van der Waals surface area (Å²) < 4.78 is 11.1. The van der Waals surface area contributed by atoms with E-state index in [4.69, 9.17) is 14.9 Å². The van der Waals surface area contributed by atoms with Crippen molar-refractivity contribution in [3.8, 4) is 17.1 Å². The number of hydrogen-bond acceptors (Lipinski definition) is 8. The Morgan fingerprint density at radius 1 is 1.21 bits per heavy atom. The molecule has 1 fully saturated rings. The molecule has 1 unspecified atom stereocenters. The Labute approximate surface area is 169 Å². The summed E-state index contributed by atoms with van der Waals surface area (Å²) in [5, 5.41) is 16.4. The Bertz CT molecular complexity index is 949. The summed E-state index contributed by atoms with van der Waals surface area (Å²) in [4.78, 5) is 6.67. The lowest BCUT2D eigenvalue weighted by Crippen LogP contribution is -2.43. The van der Waals surface area contributed by atoms with Gasteiger partial charge < -0.3 is 35.5 Å². The standard InChI is InChI=1S/C21H25N5O3/c1-28-17-4-2-3-15(13-17)24-21-25-18(20(22)27)19(29-21)14-5-7-16(8-6-14)26-11-9-23-10-12-26/h2-8,13,20,23,27H,9-12,22H2,1H3,(H,24,25). The number of benzene rings is 2. The van der Waals surface area contributed by atoms with Gasteiger partial charge >= 0.3 is 0 Å². The van der Waals surface area contributed by atoms with E-state index in [1.54, 1.807) is 7.11 Å². The lowest BCUT2D eigenvalue weighted by Gasteiger charge is -2.29. The van der Waals surface area contributed by atoms with Gasteiger partial charge in [-0.3, -0.25) is 0 Å². The third kappa shape index (κ3) is 4.34. The summed E-state index contributed by atoms with van der Waals surface area (Å²) in [5.41, 5.74) is 8.71. The molecule has 1 aromatic heterocycles. The molecule has 0 aliphatic carbocycles. The van der Waals surface area contributed by atoms with Crippen LogP contribution in [0, 0.1) is 0 Å². The molecule has 4 rings (SSSR count). The zero-order chi connectivity index (χ0) is 20.2. The van der Waals surface area contributed by atoms with Gasteiger partial charge in [0.25, 0.3) is 6.01 Å². The number of nitrogens with two attached hydrogens (primary N) is 1. The lowest BCUT2D eigenvalue weighted by atomic mass is 10.1. The molecule has 29 heavy (non-hydrogen) atoms. The van der Waals surface area contributed by atoms with Crippen LogP contribution in [0.3, 0.4) is 0 Å². The molecule has 1 saturated heterocycles. The number of ether oxygens (including phenoxy) is 1. The lowest BCUT2D eigenvalue weighted by molar-refractivity contribution is 0.182. The molecule has 0 spiro atoms. The topological polar surface area (TPSA) is 109 Å². The summed E-state index contributed by atoms with van der Waals surface area (Å²) in [5.74, 6) is 1.15. The molecular weight excluding hydrogens is 370 g/mol. The van der Waals surface area contributed by atoms with Gasteiger partial charge in [-0.25, -0.2) is 0 Å². The molecule has 0 bridgehead atoms. The van der Waals surface area contributed by atoms with Crippen LogP contribution in [0.1, 0.15) is 11.9 Å². The van der Waals surface area contributed by atoms with E-state index < -0.39 is 6.23 Å². The predicted octanol–water partition coefficient (Wildman–Crippen LogP) is 2.45. The number of nitrogens with one attached hydrogen (secondary N) is 2. The first-order valence-electron chi connectivity index (χ1n) is 9.55. The molecule has 152 valence electrons. The first kappa shape index (κ1) is 19.3. The highest BCUT2D eigenvalue weighted by atomic mass is 16.5. The number of aliphatic hydroxyl groups is 1. The van der Waals surface area contributed by atoms with Gasteiger partial charge in [0.2, 0.25) is 0 Å². The quantitative estimate of drug-likeness (QED) is 0.471. The zero-order valence-corrected chi connectivity index (χ0v) is 16.3. The van der Waals surface area contributed by atoms with Crippen molar-refractivity contribution in [1.29, 1.82) is 0 Å². The van der Waals surface area contributed by atoms with E-state index >= 15 is 0 Å². The molecule has 8 heteroatoms. The van der Waals surface area contributed by atoms with Crippen LogP contribution in [0.15, 0.2) is 52.9 Å². The second kappa shape index (κ2) is 8.52. The minimum Gasteiger partial charge on any atom is -0.497 e. The number of anilines is 3. The van der Waals surface area contributed by atoms with E-state index in [-0.39, 0.29) is 11.7 Å². The van der Waals surface area contributed by atoms with Crippen LogP contribution in [-0.4, -0.2) is 43.4 Å². The van der Waals surface area contributed by atoms with Gasteiger partial charge in [0, 0.05) is 49.2 Å². The van der Waals surface area contributed by atoms with E-state index in [0.29, 0.717) is 11.5 Å². The molecule has 1 atom stereocenters. The summed E-state index contributed by atoms with van der Waals surface area (Å²) in [6, 6.07) is 15.7. The normalized spacial score (nSPS) is 15.2. The van der Waals surface area contributed by atoms with Crippen LogP contribution in [0.5, 0.6) is 5.75 Å².